The smallest absolute Gasteiger partial charge is 0.222 e. The molecule has 214 valence electrons. The van der Waals surface area contributed by atoms with Gasteiger partial charge in [0.15, 0.2) is 5.82 Å². The largest absolute Gasteiger partial charge is 0.496 e. The van der Waals surface area contributed by atoms with Crippen LogP contribution < -0.4 is 21.1 Å². The van der Waals surface area contributed by atoms with Crippen LogP contribution in [0.15, 0.2) is 42.5 Å². The van der Waals surface area contributed by atoms with Gasteiger partial charge in [-0.2, -0.15) is 4.98 Å². The summed E-state index contributed by atoms with van der Waals surface area (Å²) in [6, 6.07) is 14.0. The number of nitrogens with zero attached hydrogens (tertiary/aromatic N) is 3. The number of aliphatic hydroxyl groups is 1. The summed E-state index contributed by atoms with van der Waals surface area (Å²) in [5.41, 5.74) is 10.8. The quantitative estimate of drug-likeness (QED) is 0.205. The number of alkyl halides is 1. The highest BCUT2D eigenvalue weighted by atomic mass is 19.1. The third-order valence-electron chi connectivity index (χ3n) is 7.61. The first-order valence-corrected chi connectivity index (χ1v) is 14.0. The Kier molecular flexibility index (Phi) is 8.98. The van der Waals surface area contributed by atoms with Gasteiger partial charge in [0.05, 0.1) is 25.8 Å². The number of fused-ring (bicyclic) bond motifs is 3. The molecule has 1 aliphatic rings. The van der Waals surface area contributed by atoms with E-state index in [4.69, 9.17) is 15.2 Å². The molecule has 0 radical (unpaired) electrons. The Morgan fingerprint density at radius 2 is 2.08 bits per heavy atom. The Hall–Kier alpha value is -3.47. The van der Waals surface area contributed by atoms with E-state index in [0.717, 1.165) is 51.7 Å². The van der Waals surface area contributed by atoms with Crippen LogP contribution >= 0.6 is 0 Å². The van der Waals surface area contributed by atoms with Gasteiger partial charge in [-0.3, -0.25) is 0 Å². The number of methoxy groups -OCH3 is 1. The summed E-state index contributed by atoms with van der Waals surface area (Å²) in [6.07, 6.45) is 2.11. The summed E-state index contributed by atoms with van der Waals surface area (Å²) >= 11 is 0. The number of aromatic nitrogens is 3. The van der Waals surface area contributed by atoms with Crippen molar-refractivity contribution in [1.82, 2.24) is 19.9 Å². The van der Waals surface area contributed by atoms with Crippen LogP contribution in [-0.4, -0.2) is 64.8 Å². The molecule has 4 aromatic rings. The molecule has 10 heteroatoms. The molecule has 5 N–H and O–H groups in total. The van der Waals surface area contributed by atoms with Crippen molar-refractivity contribution >= 4 is 33.7 Å². The summed E-state index contributed by atoms with van der Waals surface area (Å²) < 4.78 is 27.5. The monoisotopic (exact) mass is 550 g/mol. The summed E-state index contributed by atoms with van der Waals surface area (Å²) in [4.78, 5) is 9.26. The van der Waals surface area contributed by atoms with Crippen molar-refractivity contribution in [3.63, 3.8) is 0 Å². The number of nitrogen functional groups attached to an aromatic ring is 1. The molecule has 0 amide bonds. The normalized spacial score (nSPS) is 18.3. The average molecular weight is 551 g/mol. The molecule has 9 nitrogen and oxygen atoms in total. The zero-order chi connectivity index (χ0) is 28.1. The number of nitrogens with one attached hydrogen (secondary N) is 2. The van der Waals surface area contributed by atoms with E-state index in [0.29, 0.717) is 38.4 Å². The van der Waals surface area contributed by atoms with Gasteiger partial charge in [0, 0.05) is 42.8 Å². The molecule has 0 bridgehead atoms. The fourth-order valence-corrected chi connectivity index (χ4v) is 5.61. The molecular weight excluding hydrogens is 511 g/mol. The van der Waals surface area contributed by atoms with Crippen molar-refractivity contribution in [3.8, 4) is 5.75 Å². The maximum absolute atomic E-state index is 14.3. The van der Waals surface area contributed by atoms with E-state index >= 15 is 0 Å². The van der Waals surface area contributed by atoms with Crippen LogP contribution in [0.25, 0.3) is 21.9 Å². The lowest BCUT2D eigenvalue weighted by Gasteiger charge is -2.27. The number of anilines is 2. The minimum Gasteiger partial charge on any atom is -0.496 e. The van der Waals surface area contributed by atoms with Gasteiger partial charge < -0.3 is 35.5 Å². The summed E-state index contributed by atoms with van der Waals surface area (Å²) in [5.74, 6) is 1.61. The fraction of sp³-hybridized carbons (Fsp3) is 0.467. The van der Waals surface area contributed by atoms with Crippen molar-refractivity contribution in [1.29, 1.82) is 0 Å². The molecule has 1 aliphatic heterocycles. The molecule has 2 aromatic carbocycles. The van der Waals surface area contributed by atoms with Crippen LogP contribution in [0.5, 0.6) is 5.75 Å². The minimum absolute atomic E-state index is 0.0485. The first kappa shape index (κ1) is 28.1. The van der Waals surface area contributed by atoms with E-state index in [1.807, 2.05) is 30.3 Å². The van der Waals surface area contributed by atoms with Crippen LogP contribution in [0.2, 0.25) is 0 Å². The van der Waals surface area contributed by atoms with Crippen LogP contribution in [-0.2, 0) is 17.8 Å². The van der Waals surface area contributed by atoms with Crippen molar-refractivity contribution in [2.45, 2.75) is 64.0 Å². The van der Waals surface area contributed by atoms with Crippen LogP contribution in [0.4, 0.5) is 16.2 Å². The van der Waals surface area contributed by atoms with Crippen LogP contribution in [0.3, 0.4) is 0 Å². The Morgan fingerprint density at radius 3 is 2.85 bits per heavy atom. The Labute approximate surface area is 233 Å². The zero-order valence-electron chi connectivity index (χ0n) is 23.2. The van der Waals surface area contributed by atoms with E-state index < -0.39 is 6.17 Å². The highest BCUT2D eigenvalue weighted by Gasteiger charge is 2.25. The van der Waals surface area contributed by atoms with Gasteiger partial charge >= 0.3 is 0 Å². The van der Waals surface area contributed by atoms with Crippen LogP contribution in [0, 0.1) is 0 Å². The van der Waals surface area contributed by atoms with Gasteiger partial charge in [0.25, 0.3) is 0 Å². The molecule has 2 aromatic heterocycles. The maximum atomic E-state index is 14.3. The van der Waals surface area contributed by atoms with E-state index in [9.17, 15) is 9.50 Å². The van der Waals surface area contributed by atoms with Gasteiger partial charge in [0.2, 0.25) is 5.95 Å². The number of halogens is 1. The number of hydrogen-bond acceptors (Lipinski definition) is 8. The lowest BCUT2D eigenvalue weighted by Crippen LogP contribution is -2.43. The third kappa shape index (κ3) is 5.99. The van der Waals surface area contributed by atoms with Gasteiger partial charge in [-0.15, -0.1) is 0 Å². The lowest BCUT2D eigenvalue weighted by molar-refractivity contribution is 0.0135. The number of ether oxygens (including phenoxy) is 2. The Morgan fingerprint density at radius 1 is 1.23 bits per heavy atom. The number of nitrogens with two attached hydrogens (primary N) is 1. The topological polar surface area (TPSA) is 119 Å². The molecule has 1 fully saturated rings. The molecule has 0 unspecified atom stereocenters. The van der Waals surface area contributed by atoms with Gasteiger partial charge in [-0.25, -0.2) is 9.37 Å². The average Bonchev–Trinajstić information content (AvgIpc) is 3.26. The molecule has 3 heterocycles. The number of hydrogen-bond donors (Lipinski definition) is 4. The molecule has 3 atom stereocenters. The summed E-state index contributed by atoms with van der Waals surface area (Å²) in [5, 5.41) is 17.5. The molecule has 0 aliphatic carbocycles. The lowest BCUT2D eigenvalue weighted by atomic mass is 10.1. The SMILES string of the molecule is CCC[C@@H](CCO)Nc1nc(N)nc2c3ccccc3n(Cc3cc(CN[C@@H]4CCOC[C@@H]4F)ccc3OC)c12. The molecule has 1 saturated heterocycles. The van der Waals surface area contributed by atoms with E-state index in [2.05, 4.69) is 44.2 Å². The van der Waals surface area contributed by atoms with Crippen molar-refractivity contribution < 1.29 is 19.0 Å². The highest BCUT2D eigenvalue weighted by Crippen LogP contribution is 2.35. The van der Waals surface area contributed by atoms with Gasteiger partial charge in [-0.05, 0) is 43.0 Å². The number of rotatable bonds is 12. The van der Waals surface area contributed by atoms with Crippen LogP contribution in [0.1, 0.15) is 43.7 Å². The second-order valence-corrected chi connectivity index (χ2v) is 10.4. The second kappa shape index (κ2) is 12.8. The summed E-state index contributed by atoms with van der Waals surface area (Å²) in [6.45, 7) is 3.96. The molecule has 5 rings (SSSR count). The molecule has 0 saturated carbocycles. The summed E-state index contributed by atoms with van der Waals surface area (Å²) in [7, 11) is 1.67. The molecule has 40 heavy (non-hydrogen) atoms. The first-order chi connectivity index (χ1) is 19.5. The van der Waals surface area contributed by atoms with Crippen molar-refractivity contribution in [2.24, 2.45) is 0 Å². The van der Waals surface area contributed by atoms with E-state index in [-0.39, 0.29) is 31.2 Å². The highest BCUT2D eigenvalue weighted by molar-refractivity contribution is 6.09. The van der Waals surface area contributed by atoms with Crippen molar-refractivity contribution in [2.75, 3.05) is 38.0 Å². The predicted molar refractivity (Wildman–Crippen MR) is 157 cm³/mol. The predicted octanol–water partition coefficient (Wildman–Crippen LogP) is 4.40. The minimum atomic E-state index is -1.01. The third-order valence-corrected chi connectivity index (χ3v) is 7.61. The van der Waals surface area contributed by atoms with Gasteiger partial charge in [-0.1, -0.05) is 37.6 Å². The number of aliphatic hydroxyl groups excluding tert-OH is 1. The first-order valence-electron chi connectivity index (χ1n) is 14.0. The van der Waals surface area contributed by atoms with Gasteiger partial charge in [0.1, 0.15) is 23.0 Å². The maximum Gasteiger partial charge on any atom is 0.222 e. The number of para-hydroxylation sites is 1. The van der Waals surface area contributed by atoms with E-state index in [1.54, 1.807) is 7.11 Å². The molecular formula is C30H39FN6O3. The van der Waals surface area contributed by atoms with E-state index in [1.165, 1.54) is 0 Å². The standard InChI is InChI=1S/C30H39FN6O3/c1-3-6-21(11-13-38)34-29-28-27(35-30(32)36-29)22-7-4-5-8-25(22)37(28)17-20-15-19(9-10-26(20)39-2)16-33-24-12-14-40-18-23(24)31/h4-5,7-10,15,21,23-24,33,38H,3,6,11-14,16-18H2,1-2H3,(H3,32,34,35,36)/t21-,23-,24+/m0/s1. The Balaban J connectivity index is 1.55. The Bertz CT molecular complexity index is 1440. The fourth-order valence-electron chi connectivity index (χ4n) is 5.61. The zero-order valence-corrected chi connectivity index (χ0v) is 23.2. The second-order valence-electron chi connectivity index (χ2n) is 10.4. The molecule has 0 spiro atoms. The number of benzene rings is 2. The van der Waals surface area contributed by atoms with Crippen molar-refractivity contribution in [3.05, 3.63) is 53.6 Å².